The standard InChI is InChI=1S/C7H8N4/c8-6-4-2-1-3-10-5(4)7(9)11-6/h1-3,6H,8H2,(H2,9,11). The number of nitrogens with zero attached hydrogens (tertiary/aromatic N) is 2. The lowest BCUT2D eigenvalue weighted by Gasteiger charge is -1.99. The maximum absolute atomic E-state index is 5.63. The SMILES string of the molecule is NC1=NC(N)c2cccnc21. The van der Waals surface area contributed by atoms with Crippen molar-refractivity contribution >= 4 is 5.84 Å². The van der Waals surface area contributed by atoms with E-state index in [1.165, 1.54) is 0 Å². The monoisotopic (exact) mass is 148 g/mol. The van der Waals surface area contributed by atoms with Crippen molar-refractivity contribution in [3.63, 3.8) is 0 Å². The van der Waals surface area contributed by atoms with Crippen LogP contribution < -0.4 is 11.5 Å². The second kappa shape index (κ2) is 2.03. The third-order valence-corrected chi connectivity index (χ3v) is 1.68. The molecule has 0 amide bonds. The number of nitrogens with two attached hydrogens (primary N) is 2. The van der Waals surface area contributed by atoms with Gasteiger partial charge in [0.05, 0.1) is 0 Å². The van der Waals surface area contributed by atoms with E-state index in [0.29, 0.717) is 5.84 Å². The molecule has 4 nitrogen and oxygen atoms in total. The van der Waals surface area contributed by atoms with E-state index >= 15 is 0 Å². The molecule has 1 aromatic heterocycles. The number of hydrogen-bond donors (Lipinski definition) is 2. The molecule has 4 heteroatoms. The second-order valence-electron chi connectivity index (χ2n) is 2.40. The molecule has 1 aliphatic rings. The van der Waals surface area contributed by atoms with Crippen molar-refractivity contribution in [1.29, 1.82) is 0 Å². The van der Waals surface area contributed by atoms with Gasteiger partial charge in [-0.2, -0.15) is 0 Å². The van der Waals surface area contributed by atoms with Crippen LogP contribution >= 0.6 is 0 Å². The molecule has 2 rings (SSSR count). The molecule has 0 bridgehead atoms. The van der Waals surface area contributed by atoms with Crippen molar-refractivity contribution in [2.75, 3.05) is 0 Å². The summed E-state index contributed by atoms with van der Waals surface area (Å²) in [4.78, 5) is 8.02. The van der Waals surface area contributed by atoms with E-state index in [1.807, 2.05) is 12.1 Å². The second-order valence-corrected chi connectivity index (χ2v) is 2.40. The fraction of sp³-hybridized carbons (Fsp3) is 0.143. The molecule has 1 aromatic rings. The summed E-state index contributed by atoms with van der Waals surface area (Å²) in [5, 5.41) is 0. The lowest BCUT2D eigenvalue weighted by Crippen LogP contribution is -2.11. The Morgan fingerprint density at radius 1 is 1.45 bits per heavy atom. The van der Waals surface area contributed by atoms with E-state index in [4.69, 9.17) is 11.5 Å². The van der Waals surface area contributed by atoms with Crippen LogP contribution in [0, 0.1) is 0 Å². The van der Waals surface area contributed by atoms with Crippen LogP contribution in [0.4, 0.5) is 0 Å². The van der Waals surface area contributed by atoms with Crippen LogP contribution in [0.3, 0.4) is 0 Å². The molecule has 1 unspecified atom stereocenters. The Labute approximate surface area is 64.0 Å². The van der Waals surface area contributed by atoms with Crippen LogP contribution in [-0.2, 0) is 0 Å². The maximum Gasteiger partial charge on any atom is 0.146 e. The van der Waals surface area contributed by atoms with Crippen molar-refractivity contribution in [2.45, 2.75) is 6.17 Å². The van der Waals surface area contributed by atoms with Crippen molar-refractivity contribution in [3.05, 3.63) is 29.6 Å². The van der Waals surface area contributed by atoms with Gasteiger partial charge < -0.3 is 11.5 Å². The lowest BCUT2D eigenvalue weighted by molar-refractivity contribution is 0.792. The van der Waals surface area contributed by atoms with Crippen molar-refractivity contribution in [3.8, 4) is 0 Å². The van der Waals surface area contributed by atoms with Gasteiger partial charge in [-0.25, -0.2) is 4.99 Å². The fourth-order valence-electron chi connectivity index (χ4n) is 1.15. The molecule has 4 N–H and O–H groups in total. The topological polar surface area (TPSA) is 77.3 Å². The van der Waals surface area contributed by atoms with E-state index in [-0.39, 0.29) is 6.17 Å². The Balaban J connectivity index is 2.62. The molecule has 1 atom stereocenters. The van der Waals surface area contributed by atoms with Gasteiger partial charge in [-0.05, 0) is 6.07 Å². The van der Waals surface area contributed by atoms with Gasteiger partial charge in [0.15, 0.2) is 0 Å². The lowest BCUT2D eigenvalue weighted by atomic mass is 10.2. The summed E-state index contributed by atoms with van der Waals surface area (Å²) in [6.07, 6.45) is 1.36. The highest BCUT2D eigenvalue weighted by atomic mass is 15.0. The third kappa shape index (κ3) is 0.798. The van der Waals surface area contributed by atoms with E-state index in [2.05, 4.69) is 9.98 Å². The van der Waals surface area contributed by atoms with Gasteiger partial charge >= 0.3 is 0 Å². The summed E-state index contributed by atoms with van der Waals surface area (Å²) in [5.41, 5.74) is 12.8. The molecule has 0 spiro atoms. The minimum atomic E-state index is -0.321. The summed E-state index contributed by atoms with van der Waals surface area (Å²) in [6.45, 7) is 0. The van der Waals surface area contributed by atoms with Gasteiger partial charge in [0.25, 0.3) is 0 Å². The van der Waals surface area contributed by atoms with Gasteiger partial charge in [0.2, 0.25) is 0 Å². The number of aromatic nitrogens is 1. The average molecular weight is 148 g/mol. The Morgan fingerprint density at radius 2 is 2.27 bits per heavy atom. The smallest absolute Gasteiger partial charge is 0.146 e. The third-order valence-electron chi connectivity index (χ3n) is 1.68. The Morgan fingerprint density at radius 3 is 3.00 bits per heavy atom. The molecule has 0 radical (unpaired) electrons. The first-order valence-electron chi connectivity index (χ1n) is 3.33. The highest BCUT2D eigenvalue weighted by Gasteiger charge is 2.20. The number of amidine groups is 1. The van der Waals surface area contributed by atoms with E-state index in [9.17, 15) is 0 Å². The average Bonchev–Trinajstić information content (AvgIpc) is 2.30. The molecule has 56 valence electrons. The van der Waals surface area contributed by atoms with Crippen LogP contribution in [0.2, 0.25) is 0 Å². The highest BCUT2D eigenvalue weighted by Crippen LogP contribution is 2.20. The Kier molecular flexibility index (Phi) is 1.16. The molecule has 0 aliphatic carbocycles. The van der Waals surface area contributed by atoms with E-state index in [1.54, 1.807) is 6.20 Å². The largest absolute Gasteiger partial charge is 0.382 e. The predicted molar refractivity (Wildman–Crippen MR) is 41.9 cm³/mol. The van der Waals surface area contributed by atoms with E-state index in [0.717, 1.165) is 11.3 Å². The Bertz CT molecular complexity index is 318. The van der Waals surface area contributed by atoms with Gasteiger partial charge in [-0.1, -0.05) is 6.07 Å². The molecule has 2 heterocycles. The van der Waals surface area contributed by atoms with Gasteiger partial charge in [-0.3, -0.25) is 4.98 Å². The van der Waals surface area contributed by atoms with Crippen LogP contribution in [0.1, 0.15) is 17.4 Å². The van der Waals surface area contributed by atoms with Crippen LogP contribution in [0.5, 0.6) is 0 Å². The predicted octanol–water partition coefficient (Wildman–Crippen LogP) is -0.242. The van der Waals surface area contributed by atoms with Gasteiger partial charge in [0.1, 0.15) is 17.7 Å². The van der Waals surface area contributed by atoms with Gasteiger partial charge in [0, 0.05) is 11.8 Å². The summed E-state index contributed by atoms with van der Waals surface area (Å²) >= 11 is 0. The molecular formula is C7H8N4. The first-order chi connectivity index (χ1) is 5.29. The quantitative estimate of drug-likeness (QED) is 0.533. The van der Waals surface area contributed by atoms with Crippen LogP contribution in [0.15, 0.2) is 23.3 Å². The minimum absolute atomic E-state index is 0.321. The zero-order valence-electron chi connectivity index (χ0n) is 5.86. The minimum Gasteiger partial charge on any atom is -0.382 e. The summed E-state index contributed by atoms with van der Waals surface area (Å²) in [6, 6.07) is 3.71. The first-order valence-corrected chi connectivity index (χ1v) is 3.33. The zero-order chi connectivity index (χ0) is 7.84. The van der Waals surface area contributed by atoms with Gasteiger partial charge in [-0.15, -0.1) is 0 Å². The molecule has 0 fully saturated rings. The van der Waals surface area contributed by atoms with Crippen LogP contribution in [-0.4, -0.2) is 10.8 Å². The number of pyridine rings is 1. The first kappa shape index (κ1) is 6.30. The number of aliphatic imine (C=N–C) groups is 1. The molecule has 0 saturated heterocycles. The normalized spacial score (nSPS) is 21.2. The van der Waals surface area contributed by atoms with Crippen LogP contribution in [0.25, 0.3) is 0 Å². The van der Waals surface area contributed by atoms with Crippen molar-refractivity contribution in [1.82, 2.24) is 4.98 Å². The fourth-order valence-corrected chi connectivity index (χ4v) is 1.15. The number of rotatable bonds is 0. The Hall–Kier alpha value is -1.42. The van der Waals surface area contributed by atoms with E-state index < -0.39 is 0 Å². The molecule has 0 saturated carbocycles. The highest BCUT2D eigenvalue weighted by molar-refractivity contribution is 5.99. The number of hydrogen-bond acceptors (Lipinski definition) is 4. The van der Waals surface area contributed by atoms with Crippen molar-refractivity contribution < 1.29 is 0 Å². The van der Waals surface area contributed by atoms with Crippen molar-refractivity contribution in [2.24, 2.45) is 16.5 Å². The number of fused-ring (bicyclic) bond motifs is 1. The summed E-state index contributed by atoms with van der Waals surface area (Å²) < 4.78 is 0. The molecule has 0 aromatic carbocycles. The maximum atomic E-state index is 5.63. The molecule has 1 aliphatic heterocycles. The molecular weight excluding hydrogens is 140 g/mol. The molecule has 11 heavy (non-hydrogen) atoms. The zero-order valence-corrected chi connectivity index (χ0v) is 5.86. The summed E-state index contributed by atoms with van der Waals surface area (Å²) in [7, 11) is 0. The summed E-state index contributed by atoms with van der Waals surface area (Å²) in [5.74, 6) is 0.438.